The van der Waals surface area contributed by atoms with E-state index in [1.807, 2.05) is 6.07 Å². The number of benzene rings is 1. The third kappa shape index (κ3) is 3.78. The topological polar surface area (TPSA) is 37.3 Å². The first kappa shape index (κ1) is 13.5. The fourth-order valence-corrected chi connectivity index (χ4v) is 2.04. The first-order valence-electron chi connectivity index (χ1n) is 5.10. The Bertz CT molecular complexity index is 377. The highest BCUT2D eigenvalue weighted by Crippen LogP contribution is 2.24. The maximum Gasteiger partial charge on any atom is 0.133 e. The SMILES string of the molecule is CC(=O)C(CCO)Cc1ccc(Cl)cc1Cl. The van der Waals surface area contributed by atoms with Crippen LogP contribution in [0.4, 0.5) is 0 Å². The highest BCUT2D eigenvalue weighted by molar-refractivity contribution is 6.35. The van der Waals surface area contributed by atoms with Gasteiger partial charge in [0.05, 0.1) is 0 Å². The van der Waals surface area contributed by atoms with Crippen molar-refractivity contribution in [3.63, 3.8) is 0 Å². The summed E-state index contributed by atoms with van der Waals surface area (Å²) in [5.41, 5.74) is 0.889. The predicted octanol–water partition coefficient (Wildman–Crippen LogP) is 3.12. The second-order valence-electron chi connectivity index (χ2n) is 3.76. The van der Waals surface area contributed by atoms with E-state index in [2.05, 4.69) is 0 Å². The Kier molecular flexibility index (Phi) is 5.26. The summed E-state index contributed by atoms with van der Waals surface area (Å²) in [5.74, 6) is -0.108. The van der Waals surface area contributed by atoms with E-state index in [1.165, 1.54) is 6.92 Å². The average Bonchev–Trinajstić information content (AvgIpc) is 2.20. The lowest BCUT2D eigenvalue weighted by atomic mass is 9.93. The summed E-state index contributed by atoms with van der Waals surface area (Å²) in [4.78, 5) is 11.3. The van der Waals surface area contributed by atoms with Gasteiger partial charge in [-0.15, -0.1) is 0 Å². The normalized spacial score (nSPS) is 12.5. The Morgan fingerprint density at radius 3 is 2.62 bits per heavy atom. The van der Waals surface area contributed by atoms with Crippen molar-refractivity contribution in [2.75, 3.05) is 6.61 Å². The quantitative estimate of drug-likeness (QED) is 0.884. The number of Topliss-reactive ketones (excluding diaryl/α,β-unsaturated/α-hetero) is 1. The maximum absolute atomic E-state index is 11.3. The molecule has 0 aromatic heterocycles. The van der Waals surface area contributed by atoms with Crippen LogP contribution in [0.25, 0.3) is 0 Å². The van der Waals surface area contributed by atoms with E-state index >= 15 is 0 Å². The van der Waals surface area contributed by atoms with Gasteiger partial charge in [-0.05, 0) is 37.5 Å². The van der Waals surface area contributed by atoms with Crippen LogP contribution in [0.1, 0.15) is 18.9 Å². The maximum atomic E-state index is 11.3. The molecule has 0 spiro atoms. The van der Waals surface area contributed by atoms with E-state index < -0.39 is 0 Å². The molecule has 4 heteroatoms. The molecule has 1 aromatic carbocycles. The minimum atomic E-state index is -0.177. The van der Waals surface area contributed by atoms with Crippen molar-refractivity contribution in [2.45, 2.75) is 19.8 Å². The van der Waals surface area contributed by atoms with Crippen molar-refractivity contribution in [2.24, 2.45) is 5.92 Å². The zero-order valence-electron chi connectivity index (χ0n) is 9.04. The number of carbonyl (C=O) groups is 1. The molecule has 0 aliphatic carbocycles. The average molecular weight is 261 g/mol. The van der Waals surface area contributed by atoms with Crippen LogP contribution in [0, 0.1) is 5.92 Å². The molecule has 0 saturated heterocycles. The molecule has 0 aliphatic heterocycles. The van der Waals surface area contributed by atoms with Gasteiger partial charge in [-0.3, -0.25) is 4.79 Å². The van der Waals surface area contributed by atoms with Crippen molar-refractivity contribution in [3.8, 4) is 0 Å². The summed E-state index contributed by atoms with van der Waals surface area (Å²) < 4.78 is 0. The lowest BCUT2D eigenvalue weighted by Crippen LogP contribution is -2.15. The molecular weight excluding hydrogens is 247 g/mol. The minimum absolute atomic E-state index is 0.00938. The van der Waals surface area contributed by atoms with Gasteiger partial charge in [0.25, 0.3) is 0 Å². The Balaban J connectivity index is 2.81. The zero-order chi connectivity index (χ0) is 12.1. The molecule has 16 heavy (non-hydrogen) atoms. The largest absolute Gasteiger partial charge is 0.396 e. The number of carbonyl (C=O) groups excluding carboxylic acids is 1. The number of ketones is 1. The van der Waals surface area contributed by atoms with Crippen LogP contribution >= 0.6 is 23.2 Å². The van der Waals surface area contributed by atoms with Gasteiger partial charge in [-0.25, -0.2) is 0 Å². The smallest absolute Gasteiger partial charge is 0.133 e. The minimum Gasteiger partial charge on any atom is -0.396 e. The van der Waals surface area contributed by atoms with Crippen LogP contribution in [0.5, 0.6) is 0 Å². The molecule has 1 N–H and O–H groups in total. The van der Waals surface area contributed by atoms with Crippen molar-refractivity contribution < 1.29 is 9.90 Å². The molecule has 2 nitrogen and oxygen atoms in total. The molecular formula is C12H14Cl2O2. The summed E-state index contributed by atoms with van der Waals surface area (Å²) >= 11 is 11.8. The zero-order valence-corrected chi connectivity index (χ0v) is 10.6. The van der Waals surface area contributed by atoms with Gasteiger partial charge in [-0.1, -0.05) is 29.3 Å². The molecule has 1 aromatic rings. The molecule has 0 bridgehead atoms. The Morgan fingerprint density at radius 1 is 1.44 bits per heavy atom. The predicted molar refractivity (Wildman–Crippen MR) is 66.0 cm³/mol. The lowest BCUT2D eigenvalue weighted by Gasteiger charge is -2.13. The lowest BCUT2D eigenvalue weighted by molar-refractivity contribution is -0.121. The number of halogens is 2. The Hall–Kier alpha value is -0.570. The van der Waals surface area contributed by atoms with Gasteiger partial charge in [0, 0.05) is 22.6 Å². The van der Waals surface area contributed by atoms with Crippen molar-refractivity contribution in [3.05, 3.63) is 33.8 Å². The van der Waals surface area contributed by atoms with E-state index in [9.17, 15) is 4.79 Å². The van der Waals surface area contributed by atoms with Gasteiger partial charge >= 0.3 is 0 Å². The van der Waals surface area contributed by atoms with Crippen LogP contribution in [0.2, 0.25) is 10.0 Å². The van der Waals surface area contributed by atoms with E-state index in [0.717, 1.165) is 5.56 Å². The van der Waals surface area contributed by atoms with Gasteiger partial charge in [0.2, 0.25) is 0 Å². The van der Waals surface area contributed by atoms with E-state index in [1.54, 1.807) is 12.1 Å². The van der Waals surface area contributed by atoms with Crippen LogP contribution < -0.4 is 0 Å². The van der Waals surface area contributed by atoms with Gasteiger partial charge in [0.15, 0.2) is 0 Å². The van der Waals surface area contributed by atoms with Crippen LogP contribution in [0.15, 0.2) is 18.2 Å². The first-order valence-corrected chi connectivity index (χ1v) is 5.85. The van der Waals surface area contributed by atoms with E-state index in [4.69, 9.17) is 28.3 Å². The second kappa shape index (κ2) is 6.24. The monoisotopic (exact) mass is 260 g/mol. The van der Waals surface area contributed by atoms with Crippen LogP contribution in [-0.2, 0) is 11.2 Å². The van der Waals surface area contributed by atoms with Crippen LogP contribution in [0.3, 0.4) is 0 Å². The molecule has 0 heterocycles. The molecule has 1 atom stereocenters. The Morgan fingerprint density at radius 2 is 2.12 bits per heavy atom. The molecule has 0 radical (unpaired) electrons. The number of aliphatic hydroxyl groups is 1. The van der Waals surface area contributed by atoms with Gasteiger partial charge < -0.3 is 5.11 Å². The molecule has 0 aliphatic rings. The summed E-state index contributed by atoms with van der Waals surface area (Å²) in [6, 6.07) is 5.23. The highest BCUT2D eigenvalue weighted by atomic mass is 35.5. The summed E-state index contributed by atoms with van der Waals surface area (Å²) in [5, 5.41) is 10.0. The summed E-state index contributed by atoms with van der Waals surface area (Å²) in [7, 11) is 0. The van der Waals surface area contributed by atoms with Crippen molar-refractivity contribution in [1.29, 1.82) is 0 Å². The second-order valence-corrected chi connectivity index (χ2v) is 4.60. The van der Waals surface area contributed by atoms with Gasteiger partial charge in [0.1, 0.15) is 5.78 Å². The van der Waals surface area contributed by atoms with Crippen LogP contribution in [-0.4, -0.2) is 17.5 Å². The molecule has 0 saturated carbocycles. The highest BCUT2D eigenvalue weighted by Gasteiger charge is 2.15. The Labute approximate surface area is 105 Å². The third-order valence-electron chi connectivity index (χ3n) is 2.53. The molecule has 88 valence electrons. The summed E-state index contributed by atoms with van der Waals surface area (Å²) in [6.07, 6.45) is 1.01. The van der Waals surface area contributed by atoms with Crippen molar-refractivity contribution >= 4 is 29.0 Å². The molecule has 1 rings (SSSR count). The van der Waals surface area contributed by atoms with Crippen molar-refractivity contribution in [1.82, 2.24) is 0 Å². The van der Waals surface area contributed by atoms with Gasteiger partial charge in [-0.2, -0.15) is 0 Å². The standard InChI is InChI=1S/C12H14Cl2O2/c1-8(16)9(4-5-15)6-10-2-3-11(13)7-12(10)14/h2-3,7,9,15H,4-6H2,1H3. The molecule has 1 unspecified atom stereocenters. The number of rotatable bonds is 5. The molecule has 0 fully saturated rings. The third-order valence-corrected chi connectivity index (χ3v) is 3.12. The number of aliphatic hydroxyl groups excluding tert-OH is 1. The number of hydrogen-bond acceptors (Lipinski definition) is 2. The molecule has 0 amide bonds. The fourth-order valence-electron chi connectivity index (χ4n) is 1.56. The van der Waals surface area contributed by atoms with E-state index in [0.29, 0.717) is 22.9 Å². The van der Waals surface area contributed by atoms with E-state index in [-0.39, 0.29) is 18.3 Å². The first-order chi connectivity index (χ1) is 7.54. The fraction of sp³-hybridized carbons (Fsp3) is 0.417. The summed E-state index contributed by atoms with van der Waals surface area (Å²) in [6.45, 7) is 1.54. The number of hydrogen-bond donors (Lipinski definition) is 1.